The minimum absolute atomic E-state index is 0.0169. The summed E-state index contributed by atoms with van der Waals surface area (Å²) in [6.07, 6.45) is 5.68. The number of anilines is 1. The lowest BCUT2D eigenvalue weighted by Gasteiger charge is -2.36. The molecule has 156 valence electrons. The Morgan fingerprint density at radius 2 is 1.90 bits per heavy atom. The maximum atomic E-state index is 11.8. The number of aryl methyl sites for hydroxylation is 1. The Hall–Kier alpha value is -3.00. The maximum absolute atomic E-state index is 11.8. The van der Waals surface area contributed by atoms with Gasteiger partial charge in [-0.3, -0.25) is 9.69 Å². The lowest BCUT2D eigenvalue weighted by atomic mass is 10.2. The Morgan fingerprint density at radius 1 is 1.07 bits per heavy atom. The molecule has 8 heteroatoms. The standard InChI is InChI=1S/C22H26N6O2/c1-26-15-25-17(10-21(26)29)12-27-6-8-28(9-7-27)18-4-5-20-19(11-18)22(24-14-23-20)30-13-16-2-3-16/h4-5,10-11,14-16H,2-3,6-9,12-13H2,1H3. The molecule has 3 heterocycles. The average Bonchev–Trinajstić information content (AvgIpc) is 3.60. The van der Waals surface area contributed by atoms with Crippen LogP contribution in [0.25, 0.3) is 10.9 Å². The summed E-state index contributed by atoms with van der Waals surface area (Å²) in [5.74, 6) is 1.37. The first-order chi connectivity index (χ1) is 14.7. The second-order valence-electron chi connectivity index (χ2n) is 8.23. The number of ether oxygens (including phenoxy) is 1. The highest BCUT2D eigenvalue weighted by molar-refractivity contribution is 5.86. The van der Waals surface area contributed by atoms with E-state index in [1.807, 2.05) is 6.07 Å². The van der Waals surface area contributed by atoms with Gasteiger partial charge in [-0.1, -0.05) is 0 Å². The third-order valence-electron chi connectivity index (χ3n) is 5.89. The van der Waals surface area contributed by atoms with E-state index in [0.29, 0.717) is 18.3 Å². The molecule has 0 amide bonds. The quantitative estimate of drug-likeness (QED) is 0.618. The van der Waals surface area contributed by atoms with E-state index in [2.05, 4.69) is 36.9 Å². The van der Waals surface area contributed by atoms with Gasteiger partial charge in [-0.05, 0) is 37.0 Å². The SMILES string of the molecule is Cn1cnc(CN2CCN(c3ccc4ncnc(OCC5CC5)c4c3)CC2)cc1=O. The Labute approximate surface area is 175 Å². The van der Waals surface area contributed by atoms with E-state index in [4.69, 9.17) is 4.74 Å². The summed E-state index contributed by atoms with van der Waals surface area (Å²) in [5, 5.41) is 0.974. The minimum atomic E-state index is -0.0169. The van der Waals surface area contributed by atoms with Gasteiger partial charge < -0.3 is 14.2 Å². The zero-order valence-electron chi connectivity index (χ0n) is 17.2. The third kappa shape index (κ3) is 4.14. The van der Waals surface area contributed by atoms with Crippen molar-refractivity contribution in [2.75, 3.05) is 37.7 Å². The monoisotopic (exact) mass is 406 g/mol. The van der Waals surface area contributed by atoms with E-state index in [1.54, 1.807) is 25.8 Å². The normalized spacial score (nSPS) is 17.4. The molecular formula is C22H26N6O2. The van der Waals surface area contributed by atoms with Crippen LogP contribution in [0.15, 0.2) is 41.7 Å². The summed E-state index contributed by atoms with van der Waals surface area (Å²) >= 11 is 0. The lowest BCUT2D eigenvalue weighted by molar-refractivity contribution is 0.246. The van der Waals surface area contributed by atoms with Crippen molar-refractivity contribution < 1.29 is 4.74 Å². The number of hydrogen-bond donors (Lipinski definition) is 0. The van der Waals surface area contributed by atoms with Gasteiger partial charge in [0.2, 0.25) is 5.88 Å². The van der Waals surface area contributed by atoms with E-state index in [9.17, 15) is 4.79 Å². The summed E-state index contributed by atoms with van der Waals surface area (Å²) in [4.78, 5) is 29.7. The first-order valence-electron chi connectivity index (χ1n) is 10.5. The van der Waals surface area contributed by atoms with Gasteiger partial charge in [0, 0.05) is 51.5 Å². The molecule has 1 aliphatic carbocycles. The van der Waals surface area contributed by atoms with Crippen molar-refractivity contribution in [3.05, 3.63) is 53.0 Å². The maximum Gasteiger partial charge on any atom is 0.253 e. The van der Waals surface area contributed by atoms with Crippen molar-refractivity contribution >= 4 is 16.6 Å². The molecule has 0 radical (unpaired) electrons. The van der Waals surface area contributed by atoms with Gasteiger partial charge in [-0.2, -0.15) is 0 Å². The number of nitrogens with zero attached hydrogens (tertiary/aromatic N) is 6. The highest BCUT2D eigenvalue weighted by Crippen LogP contribution is 2.32. The van der Waals surface area contributed by atoms with Crippen LogP contribution in [0.1, 0.15) is 18.5 Å². The van der Waals surface area contributed by atoms with Gasteiger partial charge in [0.1, 0.15) is 6.33 Å². The first-order valence-corrected chi connectivity index (χ1v) is 10.5. The molecule has 0 spiro atoms. The molecule has 8 nitrogen and oxygen atoms in total. The molecule has 1 saturated heterocycles. The zero-order valence-corrected chi connectivity index (χ0v) is 17.2. The van der Waals surface area contributed by atoms with Crippen LogP contribution in [-0.4, -0.2) is 57.2 Å². The fraction of sp³-hybridized carbons (Fsp3) is 0.455. The molecule has 1 aliphatic heterocycles. The van der Waals surface area contributed by atoms with Crippen molar-refractivity contribution in [1.82, 2.24) is 24.4 Å². The molecule has 2 aliphatic rings. The minimum Gasteiger partial charge on any atom is -0.477 e. The molecule has 1 saturated carbocycles. The number of fused-ring (bicyclic) bond motifs is 1. The molecule has 2 aromatic heterocycles. The second-order valence-corrected chi connectivity index (χ2v) is 8.23. The van der Waals surface area contributed by atoms with Crippen LogP contribution >= 0.6 is 0 Å². The topological polar surface area (TPSA) is 76.4 Å². The van der Waals surface area contributed by atoms with Gasteiger partial charge >= 0.3 is 0 Å². The summed E-state index contributed by atoms with van der Waals surface area (Å²) < 4.78 is 7.47. The summed E-state index contributed by atoms with van der Waals surface area (Å²) in [6.45, 7) is 5.13. The molecule has 0 N–H and O–H groups in total. The second kappa shape index (κ2) is 8.02. The number of aromatic nitrogens is 4. The van der Waals surface area contributed by atoms with Crippen molar-refractivity contribution in [2.24, 2.45) is 13.0 Å². The molecule has 2 fully saturated rings. The lowest BCUT2D eigenvalue weighted by Crippen LogP contribution is -2.46. The number of rotatable bonds is 6. The molecular weight excluding hydrogens is 380 g/mol. The van der Waals surface area contributed by atoms with Gasteiger partial charge in [-0.15, -0.1) is 0 Å². The molecule has 3 aromatic rings. The highest BCUT2D eigenvalue weighted by Gasteiger charge is 2.23. The van der Waals surface area contributed by atoms with E-state index in [0.717, 1.165) is 49.4 Å². The number of piperazine rings is 1. The summed E-state index contributed by atoms with van der Waals surface area (Å²) in [7, 11) is 1.72. The van der Waals surface area contributed by atoms with E-state index in [-0.39, 0.29) is 5.56 Å². The van der Waals surface area contributed by atoms with Crippen LogP contribution < -0.4 is 15.2 Å². The number of hydrogen-bond acceptors (Lipinski definition) is 7. The van der Waals surface area contributed by atoms with Gasteiger partial charge in [0.15, 0.2) is 0 Å². The predicted octanol–water partition coefficient (Wildman–Crippen LogP) is 1.83. The zero-order chi connectivity index (χ0) is 20.5. The first kappa shape index (κ1) is 19.0. The van der Waals surface area contributed by atoms with Crippen LogP contribution in [-0.2, 0) is 13.6 Å². The molecule has 0 atom stereocenters. The molecule has 0 unspecified atom stereocenters. The fourth-order valence-corrected chi connectivity index (χ4v) is 3.79. The molecule has 5 rings (SSSR count). The van der Waals surface area contributed by atoms with Crippen LogP contribution in [0.3, 0.4) is 0 Å². The Morgan fingerprint density at radius 3 is 2.67 bits per heavy atom. The van der Waals surface area contributed by atoms with Gasteiger partial charge in [-0.25, -0.2) is 15.0 Å². The Balaban J connectivity index is 1.26. The van der Waals surface area contributed by atoms with E-state index >= 15 is 0 Å². The summed E-state index contributed by atoms with van der Waals surface area (Å²) in [6, 6.07) is 7.94. The predicted molar refractivity (Wildman–Crippen MR) is 115 cm³/mol. The van der Waals surface area contributed by atoms with Crippen molar-refractivity contribution in [2.45, 2.75) is 19.4 Å². The largest absolute Gasteiger partial charge is 0.477 e. The van der Waals surface area contributed by atoms with Crippen molar-refractivity contribution in [3.63, 3.8) is 0 Å². The Kier molecular flexibility index (Phi) is 5.08. The van der Waals surface area contributed by atoms with E-state index < -0.39 is 0 Å². The van der Waals surface area contributed by atoms with Crippen LogP contribution in [0.5, 0.6) is 5.88 Å². The summed E-state index contributed by atoms with van der Waals surface area (Å²) in [5.41, 5.74) is 2.89. The van der Waals surface area contributed by atoms with Crippen molar-refractivity contribution in [1.29, 1.82) is 0 Å². The molecule has 1 aromatic carbocycles. The van der Waals surface area contributed by atoms with Crippen LogP contribution in [0.4, 0.5) is 5.69 Å². The average molecular weight is 406 g/mol. The van der Waals surface area contributed by atoms with E-state index in [1.165, 1.54) is 23.1 Å². The van der Waals surface area contributed by atoms with Crippen molar-refractivity contribution in [3.8, 4) is 5.88 Å². The van der Waals surface area contributed by atoms with Crippen LogP contribution in [0.2, 0.25) is 0 Å². The number of benzene rings is 1. The fourth-order valence-electron chi connectivity index (χ4n) is 3.79. The van der Waals surface area contributed by atoms with Gasteiger partial charge in [0.25, 0.3) is 5.56 Å². The smallest absolute Gasteiger partial charge is 0.253 e. The third-order valence-corrected chi connectivity index (χ3v) is 5.89. The highest BCUT2D eigenvalue weighted by atomic mass is 16.5. The van der Waals surface area contributed by atoms with Crippen LogP contribution in [0, 0.1) is 5.92 Å². The van der Waals surface area contributed by atoms with Gasteiger partial charge in [0.05, 0.1) is 29.5 Å². The molecule has 30 heavy (non-hydrogen) atoms. The molecule has 0 bridgehead atoms. The Bertz CT molecular complexity index is 1100.